The molecule has 8 heteroatoms. The molecule has 0 saturated carbocycles. The van der Waals surface area contributed by atoms with Crippen molar-refractivity contribution in [3.8, 4) is 5.75 Å². The molecule has 0 aliphatic heterocycles. The van der Waals surface area contributed by atoms with Gasteiger partial charge < -0.3 is 10.1 Å². The zero-order chi connectivity index (χ0) is 23.9. The van der Waals surface area contributed by atoms with Crippen LogP contribution in [0.1, 0.15) is 22.1 Å². The van der Waals surface area contributed by atoms with Crippen molar-refractivity contribution in [2.24, 2.45) is 0 Å². The SMILES string of the molecule is COc1cccc([C@H](C(=O)Nc2ccc(F)cc2)N(C(=O)c2cnccn2)c2ccccc2)c1. The maximum absolute atomic E-state index is 13.7. The summed E-state index contributed by atoms with van der Waals surface area (Å²) in [5, 5.41) is 2.79. The van der Waals surface area contributed by atoms with Gasteiger partial charge in [-0.3, -0.25) is 19.5 Å². The monoisotopic (exact) mass is 456 g/mol. The summed E-state index contributed by atoms with van der Waals surface area (Å²) in [7, 11) is 1.52. The van der Waals surface area contributed by atoms with Crippen LogP contribution >= 0.6 is 0 Å². The number of amides is 2. The van der Waals surface area contributed by atoms with Crippen molar-refractivity contribution in [1.29, 1.82) is 0 Å². The fourth-order valence-corrected chi connectivity index (χ4v) is 3.48. The Hall–Kier alpha value is -4.59. The summed E-state index contributed by atoms with van der Waals surface area (Å²) in [5.74, 6) is -0.912. The van der Waals surface area contributed by atoms with Crippen LogP contribution in [0.15, 0.2) is 97.5 Å². The maximum atomic E-state index is 13.7. The Kier molecular flexibility index (Phi) is 6.88. The van der Waals surface area contributed by atoms with Crippen LogP contribution in [0.4, 0.5) is 15.8 Å². The molecule has 4 aromatic rings. The molecular formula is C26H21FN4O3. The standard InChI is InChI=1S/C26H21FN4O3/c1-34-22-9-5-6-18(16-22)24(25(32)30-20-12-10-19(27)11-13-20)31(21-7-3-2-4-8-21)26(33)23-17-28-14-15-29-23/h2-17,24H,1H3,(H,30,32)/t24-/m1/s1. The first-order valence-corrected chi connectivity index (χ1v) is 10.4. The first-order chi connectivity index (χ1) is 16.6. The predicted molar refractivity (Wildman–Crippen MR) is 126 cm³/mol. The summed E-state index contributed by atoms with van der Waals surface area (Å²) in [6.45, 7) is 0. The van der Waals surface area contributed by atoms with E-state index in [1.165, 1.54) is 54.9 Å². The second-order valence-electron chi connectivity index (χ2n) is 7.28. The van der Waals surface area contributed by atoms with E-state index >= 15 is 0 Å². The molecule has 1 atom stereocenters. The number of nitrogens with one attached hydrogen (secondary N) is 1. The topological polar surface area (TPSA) is 84.4 Å². The second-order valence-corrected chi connectivity index (χ2v) is 7.28. The molecule has 0 bridgehead atoms. The van der Waals surface area contributed by atoms with E-state index < -0.39 is 23.7 Å². The van der Waals surface area contributed by atoms with Crippen LogP contribution < -0.4 is 15.0 Å². The number of anilines is 2. The summed E-state index contributed by atoms with van der Waals surface area (Å²) < 4.78 is 18.7. The third kappa shape index (κ3) is 5.07. The van der Waals surface area contributed by atoms with Crippen LogP contribution in [-0.2, 0) is 4.79 Å². The van der Waals surface area contributed by atoms with Gasteiger partial charge in [0.1, 0.15) is 23.3 Å². The van der Waals surface area contributed by atoms with Gasteiger partial charge in [-0.1, -0.05) is 30.3 Å². The minimum Gasteiger partial charge on any atom is -0.497 e. The number of hydrogen-bond donors (Lipinski definition) is 1. The molecule has 4 rings (SSSR count). The van der Waals surface area contributed by atoms with Crippen LogP contribution in [0.3, 0.4) is 0 Å². The van der Waals surface area contributed by atoms with Gasteiger partial charge in [0.2, 0.25) is 0 Å². The number of methoxy groups -OCH3 is 1. The minimum atomic E-state index is -1.10. The van der Waals surface area contributed by atoms with Crippen molar-refractivity contribution >= 4 is 23.2 Å². The van der Waals surface area contributed by atoms with E-state index in [9.17, 15) is 14.0 Å². The molecular weight excluding hydrogens is 435 g/mol. The number of carbonyl (C=O) groups is 2. The largest absolute Gasteiger partial charge is 0.497 e. The quantitative estimate of drug-likeness (QED) is 0.438. The van der Waals surface area contributed by atoms with Gasteiger partial charge in [0.15, 0.2) is 0 Å². The number of hydrogen-bond acceptors (Lipinski definition) is 5. The molecule has 2 amide bonds. The molecule has 0 spiro atoms. The average molecular weight is 456 g/mol. The van der Waals surface area contributed by atoms with Gasteiger partial charge in [-0.2, -0.15) is 0 Å². The number of carbonyl (C=O) groups excluding carboxylic acids is 2. The molecule has 34 heavy (non-hydrogen) atoms. The number of aromatic nitrogens is 2. The smallest absolute Gasteiger partial charge is 0.279 e. The molecule has 1 heterocycles. The minimum absolute atomic E-state index is 0.0776. The first-order valence-electron chi connectivity index (χ1n) is 10.4. The summed E-state index contributed by atoms with van der Waals surface area (Å²) in [5.41, 5.74) is 1.47. The predicted octanol–water partition coefficient (Wildman–Crippen LogP) is 4.65. The van der Waals surface area contributed by atoms with Gasteiger partial charge in [0.25, 0.3) is 11.8 Å². The number of nitrogens with zero attached hydrogens (tertiary/aromatic N) is 3. The average Bonchev–Trinajstić information content (AvgIpc) is 2.89. The van der Waals surface area contributed by atoms with Crippen molar-refractivity contribution in [3.05, 3.63) is 115 Å². The maximum Gasteiger partial charge on any atom is 0.279 e. The van der Waals surface area contributed by atoms with E-state index in [4.69, 9.17) is 4.74 Å². The van der Waals surface area contributed by atoms with Gasteiger partial charge in [-0.05, 0) is 54.1 Å². The fourth-order valence-electron chi connectivity index (χ4n) is 3.48. The van der Waals surface area contributed by atoms with E-state index in [1.54, 1.807) is 48.5 Å². The highest BCUT2D eigenvalue weighted by Gasteiger charge is 2.34. The fraction of sp³-hybridized carbons (Fsp3) is 0.0769. The van der Waals surface area contributed by atoms with E-state index in [1.807, 2.05) is 6.07 Å². The number of halogens is 1. The molecule has 170 valence electrons. The molecule has 1 N–H and O–H groups in total. The molecule has 1 aromatic heterocycles. The van der Waals surface area contributed by atoms with Crippen LogP contribution in [0.25, 0.3) is 0 Å². The lowest BCUT2D eigenvalue weighted by Crippen LogP contribution is -2.42. The highest BCUT2D eigenvalue weighted by molar-refractivity contribution is 6.11. The highest BCUT2D eigenvalue weighted by atomic mass is 19.1. The van der Waals surface area contributed by atoms with Gasteiger partial charge in [-0.15, -0.1) is 0 Å². The van der Waals surface area contributed by atoms with E-state index in [2.05, 4.69) is 15.3 Å². The second kappa shape index (κ2) is 10.4. The summed E-state index contributed by atoms with van der Waals surface area (Å²) >= 11 is 0. The van der Waals surface area contributed by atoms with Crippen molar-refractivity contribution < 1.29 is 18.7 Å². The number of ether oxygens (including phenoxy) is 1. The third-order valence-corrected chi connectivity index (χ3v) is 5.06. The lowest BCUT2D eigenvalue weighted by Gasteiger charge is -2.31. The normalized spacial score (nSPS) is 11.4. The number of rotatable bonds is 7. The number of benzene rings is 3. The molecule has 0 radical (unpaired) electrons. The Morgan fingerprint density at radius 2 is 1.74 bits per heavy atom. The van der Waals surface area contributed by atoms with Gasteiger partial charge >= 0.3 is 0 Å². The third-order valence-electron chi connectivity index (χ3n) is 5.06. The molecule has 3 aromatic carbocycles. The van der Waals surface area contributed by atoms with E-state index in [-0.39, 0.29) is 5.69 Å². The molecule has 0 aliphatic carbocycles. The lowest BCUT2D eigenvalue weighted by molar-refractivity contribution is -0.117. The van der Waals surface area contributed by atoms with Crippen LogP contribution in [-0.4, -0.2) is 28.9 Å². The molecule has 7 nitrogen and oxygen atoms in total. The molecule has 0 fully saturated rings. The van der Waals surface area contributed by atoms with Gasteiger partial charge in [0.05, 0.1) is 13.3 Å². The van der Waals surface area contributed by atoms with Crippen LogP contribution in [0, 0.1) is 5.82 Å². The van der Waals surface area contributed by atoms with Crippen molar-refractivity contribution in [1.82, 2.24) is 9.97 Å². The number of para-hydroxylation sites is 1. The van der Waals surface area contributed by atoms with E-state index in [0.29, 0.717) is 22.7 Å². The summed E-state index contributed by atoms with van der Waals surface area (Å²) in [6.07, 6.45) is 4.22. The Balaban J connectivity index is 1.84. The van der Waals surface area contributed by atoms with E-state index in [0.717, 1.165) is 0 Å². The zero-order valence-electron chi connectivity index (χ0n) is 18.3. The first kappa shape index (κ1) is 22.6. The lowest BCUT2D eigenvalue weighted by atomic mass is 10.0. The Morgan fingerprint density at radius 3 is 2.41 bits per heavy atom. The van der Waals surface area contributed by atoms with Gasteiger partial charge in [0, 0.05) is 23.8 Å². The molecule has 0 saturated heterocycles. The Bertz CT molecular complexity index is 1270. The highest BCUT2D eigenvalue weighted by Crippen LogP contribution is 2.32. The zero-order valence-corrected chi connectivity index (χ0v) is 18.3. The molecule has 0 unspecified atom stereocenters. The van der Waals surface area contributed by atoms with Crippen molar-refractivity contribution in [2.75, 3.05) is 17.3 Å². The van der Waals surface area contributed by atoms with Crippen molar-refractivity contribution in [3.63, 3.8) is 0 Å². The van der Waals surface area contributed by atoms with Crippen LogP contribution in [0.2, 0.25) is 0 Å². The van der Waals surface area contributed by atoms with Gasteiger partial charge in [-0.25, -0.2) is 9.37 Å². The summed E-state index contributed by atoms with van der Waals surface area (Å²) in [4.78, 5) is 36.8. The summed E-state index contributed by atoms with van der Waals surface area (Å²) in [6, 6.07) is 20.0. The Labute approximate surface area is 195 Å². The Morgan fingerprint density at radius 1 is 0.971 bits per heavy atom. The van der Waals surface area contributed by atoms with Crippen molar-refractivity contribution in [2.45, 2.75) is 6.04 Å². The van der Waals surface area contributed by atoms with Crippen LogP contribution in [0.5, 0.6) is 5.75 Å². The molecule has 0 aliphatic rings.